The summed E-state index contributed by atoms with van der Waals surface area (Å²) < 4.78 is 22.6. The molecule has 0 radical (unpaired) electrons. The lowest BCUT2D eigenvalue weighted by molar-refractivity contribution is 0.0697. The van der Waals surface area contributed by atoms with Crippen LogP contribution in [0.2, 0.25) is 0 Å². The molecule has 38 heavy (non-hydrogen) atoms. The minimum atomic E-state index is -1.09. The Labute approximate surface area is 226 Å². The number of carboxylic acid groups (broad SMARTS) is 1. The SMILES string of the molecule is CC(C)(C)O.CCC.CCCOc1nc(CC)c(CN)n1Cc1ccc(-c2ccccc2C(=O)O)c(F)c1. The predicted molar refractivity (Wildman–Crippen MR) is 151 cm³/mol. The number of imidazole rings is 1. The normalized spacial score (nSPS) is 10.7. The Bertz CT molecular complexity index is 1150. The Kier molecular flexibility index (Phi) is 13.7. The molecule has 3 aromatic rings. The zero-order valence-electron chi connectivity index (χ0n) is 23.8. The van der Waals surface area contributed by atoms with E-state index < -0.39 is 17.4 Å². The Balaban J connectivity index is 0.000000794. The Morgan fingerprint density at radius 3 is 2.18 bits per heavy atom. The summed E-state index contributed by atoms with van der Waals surface area (Å²) in [5, 5.41) is 17.9. The van der Waals surface area contributed by atoms with E-state index in [1.54, 1.807) is 51.1 Å². The molecule has 0 fully saturated rings. The molecule has 210 valence electrons. The van der Waals surface area contributed by atoms with Crippen LogP contribution in [0.3, 0.4) is 0 Å². The van der Waals surface area contributed by atoms with Crippen molar-refractivity contribution < 1.29 is 24.1 Å². The molecule has 0 amide bonds. The molecule has 1 heterocycles. The summed E-state index contributed by atoms with van der Waals surface area (Å²) >= 11 is 0. The molecule has 8 heteroatoms. The van der Waals surface area contributed by atoms with Crippen LogP contribution >= 0.6 is 0 Å². The first-order valence-corrected chi connectivity index (χ1v) is 13.2. The highest BCUT2D eigenvalue weighted by molar-refractivity contribution is 5.96. The van der Waals surface area contributed by atoms with Crippen LogP contribution < -0.4 is 10.5 Å². The number of aromatic nitrogens is 2. The van der Waals surface area contributed by atoms with Gasteiger partial charge in [-0.2, -0.15) is 4.98 Å². The van der Waals surface area contributed by atoms with Crippen LogP contribution in [0.4, 0.5) is 4.39 Å². The monoisotopic (exact) mass is 529 g/mol. The maximum Gasteiger partial charge on any atom is 0.336 e. The van der Waals surface area contributed by atoms with E-state index in [4.69, 9.17) is 15.6 Å². The Morgan fingerprint density at radius 2 is 1.68 bits per heavy atom. The molecule has 0 unspecified atom stereocenters. The summed E-state index contributed by atoms with van der Waals surface area (Å²) in [6, 6.07) is 11.7. The molecule has 0 aliphatic heterocycles. The van der Waals surface area contributed by atoms with Crippen LogP contribution in [0.15, 0.2) is 42.5 Å². The summed E-state index contributed by atoms with van der Waals surface area (Å²) in [4.78, 5) is 16.0. The van der Waals surface area contributed by atoms with Gasteiger partial charge in [-0.05, 0) is 56.9 Å². The molecule has 0 aliphatic rings. The maximum atomic E-state index is 15.0. The lowest BCUT2D eigenvalue weighted by Gasteiger charge is -2.13. The Hall–Kier alpha value is -3.23. The lowest BCUT2D eigenvalue weighted by atomic mass is 9.98. The molecule has 7 nitrogen and oxygen atoms in total. The molecule has 0 atom stereocenters. The molecule has 0 saturated carbocycles. The number of hydrogen-bond acceptors (Lipinski definition) is 5. The number of ether oxygens (including phenoxy) is 1. The first kappa shape index (κ1) is 32.8. The molecule has 0 aliphatic carbocycles. The number of nitrogens with two attached hydrogens (primary N) is 1. The first-order valence-electron chi connectivity index (χ1n) is 13.2. The van der Waals surface area contributed by atoms with Gasteiger partial charge in [0.2, 0.25) is 0 Å². The quantitative estimate of drug-likeness (QED) is 0.294. The standard InChI is InChI=1S/C23H26FN3O3.C4H10O.C3H8/c1-3-11-30-23-26-20(4-2)21(13-25)27(23)14-15-9-10-17(19(24)12-15)16-7-5-6-8-18(16)22(28)29;1-4(2,3)5;1-3-2/h5-10,12H,3-4,11,13-14,25H2,1-2H3,(H,28,29);5H,1-3H3;3H2,1-2H3. The molecule has 0 spiro atoms. The third-order valence-corrected chi connectivity index (χ3v) is 4.91. The number of benzene rings is 2. The fraction of sp³-hybridized carbons (Fsp3) is 0.467. The second-order valence-corrected chi connectivity index (χ2v) is 9.82. The fourth-order valence-corrected chi connectivity index (χ4v) is 3.45. The minimum Gasteiger partial charge on any atom is -0.478 e. The number of carboxylic acids is 1. The number of halogens is 1. The van der Waals surface area contributed by atoms with Gasteiger partial charge < -0.3 is 20.7 Å². The van der Waals surface area contributed by atoms with Gasteiger partial charge in [0.05, 0.1) is 35.7 Å². The van der Waals surface area contributed by atoms with Gasteiger partial charge in [-0.15, -0.1) is 0 Å². The van der Waals surface area contributed by atoms with Crippen molar-refractivity contribution in [1.29, 1.82) is 0 Å². The number of rotatable bonds is 9. The van der Waals surface area contributed by atoms with Gasteiger partial charge in [-0.3, -0.25) is 4.57 Å². The summed E-state index contributed by atoms with van der Waals surface area (Å²) in [6.45, 7) is 14.7. The number of nitrogens with zero attached hydrogens (tertiary/aromatic N) is 2. The van der Waals surface area contributed by atoms with Crippen molar-refractivity contribution in [2.24, 2.45) is 5.73 Å². The molecule has 3 rings (SSSR count). The second kappa shape index (κ2) is 15.9. The van der Waals surface area contributed by atoms with Crippen LogP contribution in [-0.4, -0.2) is 37.9 Å². The van der Waals surface area contributed by atoms with Crippen molar-refractivity contribution in [2.45, 2.75) is 86.4 Å². The average molecular weight is 530 g/mol. The second-order valence-electron chi connectivity index (χ2n) is 9.82. The summed E-state index contributed by atoms with van der Waals surface area (Å²) in [5.41, 5.74) is 8.55. The van der Waals surface area contributed by atoms with Crippen molar-refractivity contribution in [3.05, 3.63) is 70.8 Å². The maximum absolute atomic E-state index is 15.0. The van der Waals surface area contributed by atoms with E-state index in [2.05, 4.69) is 18.8 Å². The van der Waals surface area contributed by atoms with Gasteiger partial charge in [0.1, 0.15) is 5.82 Å². The molecular weight excluding hydrogens is 485 g/mol. The van der Waals surface area contributed by atoms with Crippen LogP contribution in [-0.2, 0) is 19.5 Å². The van der Waals surface area contributed by atoms with Gasteiger partial charge >= 0.3 is 5.97 Å². The highest BCUT2D eigenvalue weighted by Gasteiger charge is 2.18. The van der Waals surface area contributed by atoms with Crippen LogP contribution in [0, 0.1) is 5.82 Å². The van der Waals surface area contributed by atoms with E-state index in [-0.39, 0.29) is 11.1 Å². The van der Waals surface area contributed by atoms with E-state index in [0.29, 0.717) is 36.8 Å². The summed E-state index contributed by atoms with van der Waals surface area (Å²) in [7, 11) is 0. The summed E-state index contributed by atoms with van der Waals surface area (Å²) in [5.74, 6) is -1.58. The number of carbonyl (C=O) groups is 1. The van der Waals surface area contributed by atoms with E-state index >= 15 is 0 Å². The molecule has 0 saturated heterocycles. The van der Waals surface area contributed by atoms with Gasteiger partial charge in [0.25, 0.3) is 6.01 Å². The first-order chi connectivity index (χ1) is 17.9. The van der Waals surface area contributed by atoms with E-state index in [9.17, 15) is 14.3 Å². The Morgan fingerprint density at radius 1 is 1.08 bits per heavy atom. The number of hydrogen-bond donors (Lipinski definition) is 3. The third kappa shape index (κ3) is 10.3. The van der Waals surface area contributed by atoms with Gasteiger partial charge in [-0.1, -0.05) is 64.4 Å². The van der Waals surface area contributed by atoms with Crippen LogP contribution in [0.25, 0.3) is 11.1 Å². The average Bonchev–Trinajstić information content (AvgIpc) is 3.18. The van der Waals surface area contributed by atoms with E-state index in [0.717, 1.165) is 24.2 Å². The van der Waals surface area contributed by atoms with Crippen molar-refractivity contribution in [3.8, 4) is 17.1 Å². The minimum absolute atomic E-state index is 0.0621. The third-order valence-electron chi connectivity index (χ3n) is 4.91. The zero-order valence-corrected chi connectivity index (χ0v) is 23.8. The highest BCUT2D eigenvalue weighted by atomic mass is 19.1. The molecular formula is C30H44FN3O4. The van der Waals surface area contributed by atoms with Crippen molar-refractivity contribution in [3.63, 3.8) is 0 Å². The topological polar surface area (TPSA) is 111 Å². The van der Waals surface area contributed by atoms with Crippen LogP contribution in [0.5, 0.6) is 6.01 Å². The highest BCUT2D eigenvalue weighted by Crippen LogP contribution is 2.28. The van der Waals surface area contributed by atoms with Crippen LogP contribution in [0.1, 0.15) is 88.6 Å². The number of aromatic carboxylic acids is 1. The molecule has 2 aromatic carbocycles. The number of aryl methyl sites for hydroxylation is 1. The van der Waals surface area contributed by atoms with E-state index in [1.165, 1.54) is 18.6 Å². The zero-order chi connectivity index (χ0) is 28.9. The van der Waals surface area contributed by atoms with Crippen molar-refractivity contribution in [2.75, 3.05) is 6.61 Å². The van der Waals surface area contributed by atoms with Gasteiger partial charge in [0, 0.05) is 12.1 Å². The van der Waals surface area contributed by atoms with E-state index in [1.807, 2.05) is 18.4 Å². The molecule has 4 N–H and O–H groups in total. The summed E-state index contributed by atoms with van der Waals surface area (Å²) in [6.07, 6.45) is 2.82. The van der Waals surface area contributed by atoms with Gasteiger partial charge in [0.15, 0.2) is 0 Å². The predicted octanol–water partition coefficient (Wildman–Crippen LogP) is 6.44. The fourth-order valence-electron chi connectivity index (χ4n) is 3.45. The smallest absolute Gasteiger partial charge is 0.336 e. The molecule has 1 aromatic heterocycles. The van der Waals surface area contributed by atoms with Gasteiger partial charge in [-0.25, -0.2) is 9.18 Å². The molecule has 0 bridgehead atoms. The lowest BCUT2D eigenvalue weighted by Crippen LogP contribution is -2.12. The largest absolute Gasteiger partial charge is 0.478 e. The van der Waals surface area contributed by atoms with Crippen molar-refractivity contribution in [1.82, 2.24) is 9.55 Å². The number of aliphatic hydroxyl groups is 1. The van der Waals surface area contributed by atoms with Crippen molar-refractivity contribution >= 4 is 5.97 Å².